The molecule has 4 heteroatoms. The number of likely N-dealkylation sites (N-methyl/N-ethyl adjacent to an activating group) is 1. The van der Waals surface area contributed by atoms with Crippen molar-refractivity contribution in [1.29, 1.82) is 5.26 Å². The number of rotatable bonds is 3. The van der Waals surface area contributed by atoms with Crippen molar-refractivity contribution < 1.29 is 9.90 Å². The SMILES string of the molecule is CC(C#N)C(=O)N(C)C(C)CO. The molecule has 0 bridgehead atoms. The van der Waals surface area contributed by atoms with Crippen LogP contribution in [-0.4, -0.2) is 35.6 Å². The van der Waals surface area contributed by atoms with E-state index >= 15 is 0 Å². The molecule has 0 fully saturated rings. The summed E-state index contributed by atoms with van der Waals surface area (Å²) >= 11 is 0. The molecule has 0 aromatic heterocycles. The van der Waals surface area contributed by atoms with Crippen LogP contribution in [0.2, 0.25) is 0 Å². The van der Waals surface area contributed by atoms with Crippen molar-refractivity contribution in [3.8, 4) is 6.07 Å². The third-order valence-corrected chi connectivity index (χ3v) is 1.84. The lowest BCUT2D eigenvalue weighted by atomic mass is 10.1. The molecule has 0 spiro atoms. The Morgan fingerprint density at radius 3 is 2.50 bits per heavy atom. The Hall–Kier alpha value is -1.08. The first-order valence-electron chi connectivity index (χ1n) is 3.81. The molecule has 0 aromatic rings. The highest BCUT2D eigenvalue weighted by molar-refractivity contribution is 5.80. The molecule has 0 aromatic carbocycles. The molecule has 0 saturated carbocycles. The number of amides is 1. The Bertz CT molecular complexity index is 198. The second-order valence-corrected chi connectivity index (χ2v) is 2.83. The molecule has 0 aliphatic heterocycles. The summed E-state index contributed by atoms with van der Waals surface area (Å²) in [5, 5.41) is 17.2. The van der Waals surface area contributed by atoms with E-state index in [2.05, 4.69) is 0 Å². The van der Waals surface area contributed by atoms with Crippen LogP contribution in [0.3, 0.4) is 0 Å². The zero-order valence-corrected chi connectivity index (χ0v) is 7.61. The molecule has 2 atom stereocenters. The van der Waals surface area contributed by atoms with Gasteiger partial charge in [0.25, 0.3) is 0 Å². The normalized spacial score (nSPS) is 14.6. The number of hydrogen-bond donors (Lipinski definition) is 1. The van der Waals surface area contributed by atoms with Crippen molar-refractivity contribution in [3.63, 3.8) is 0 Å². The summed E-state index contributed by atoms with van der Waals surface area (Å²) in [5.74, 6) is -0.886. The molecule has 0 aliphatic rings. The molecular weight excluding hydrogens is 156 g/mol. The number of hydrogen-bond acceptors (Lipinski definition) is 3. The Labute approximate surface area is 72.4 Å². The Balaban J connectivity index is 4.21. The van der Waals surface area contributed by atoms with Gasteiger partial charge in [-0.15, -0.1) is 0 Å². The van der Waals surface area contributed by atoms with Gasteiger partial charge in [-0.25, -0.2) is 0 Å². The summed E-state index contributed by atoms with van der Waals surface area (Å²) < 4.78 is 0. The summed E-state index contributed by atoms with van der Waals surface area (Å²) in [6.45, 7) is 3.19. The van der Waals surface area contributed by atoms with E-state index in [1.807, 2.05) is 6.07 Å². The molecule has 68 valence electrons. The van der Waals surface area contributed by atoms with Crippen LogP contribution in [0, 0.1) is 17.2 Å². The summed E-state index contributed by atoms with van der Waals surface area (Å²) in [7, 11) is 1.58. The number of nitrogens with zero attached hydrogens (tertiary/aromatic N) is 2. The van der Waals surface area contributed by atoms with Crippen LogP contribution in [0.5, 0.6) is 0 Å². The predicted molar refractivity (Wildman–Crippen MR) is 44.1 cm³/mol. The van der Waals surface area contributed by atoms with E-state index in [1.165, 1.54) is 4.90 Å². The molecule has 2 unspecified atom stereocenters. The number of carbonyl (C=O) groups is 1. The van der Waals surface area contributed by atoms with Crippen molar-refractivity contribution in [3.05, 3.63) is 0 Å². The fourth-order valence-electron chi connectivity index (χ4n) is 0.700. The Morgan fingerprint density at radius 2 is 2.17 bits per heavy atom. The molecule has 1 N–H and O–H groups in total. The number of aliphatic hydroxyl groups is 1. The van der Waals surface area contributed by atoms with E-state index in [9.17, 15) is 4.79 Å². The fourth-order valence-corrected chi connectivity index (χ4v) is 0.700. The minimum absolute atomic E-state index is 0.0829. The maximum Gasteiger partial charge on any atom is 0.239 e. The van der Waals surface area contributed by atoms with Crippen molar-refractivity contribution in [2.75, 3.05) is 13.7 Å². The lowest BCUT2D eigenvalue weighted by Gasteiger charge is -2.23. The summed E-state index contributed by atoms with van der Waals surface area (Å²) in [6.07, 6.45) is 0. The van der Waals surface area contributed by atoms with Crippen LogP contribution in [0.1, 0.15) is 13.8 Å². The second-order valence-electron chi connectivity index (χ2n) is 2.83. The molecule has 0 aliphatic carbocycles. The van der Waals surface area contributed by atoms with Gasteiger partial charge in [-0.2, -0.15) is 5.26 Å². The number of nitriles is 1. The van der Waals surface area contributed by atoms with Crippen LogP contribution in [0.15, 0.2) is 0 Å². The molecule has 0 rings (SSSR count). The lowest BCUT2D eigenvalue weighted by Crippen LogP contribution is -2.39. The number of aliphatic hydroxyl groups excluding tert-OH is 1. The van der Waals surface area contributed by atoms with Gasteiger partial charge in [0, 0.05) is 7.05 Å². The van der Waals surface area contributed by atoms with Gasteiger partial charge in [-0.3, -0.25) is 4.79 Å². The average molecular weight is 170 g/mol. The first-order chi connectivity index (χ1) is 5.54. The van der Waals surface area contributed by atoms with Crippen LogP contribution < -0.4 is 0 Å². The van der Waals surface area contributed by atoms with Gasteiger partial charge in [0.05, 0.1) is 18.7 Å². The Morgan fingerprint density at radius 1 is 1.67 bits per heavy atom. The molecule has 0 heterocycles. The summed E-state index contributed by atoms with van der Waals surface area (Å²) in [6, 6.07) is 1.62. The maximum atomic E-state index is 11.3. The fraction of sp³-hybridized carbons (Fsp3) is 0.750. The van der Waals surface area contributed by atoms with E-state index < -0.39 is 5.92 Å². The van der Waals surface area contributed by atoms with Gasteiger partial charge >= 0.3 is 0 Å². The molecule has 4 nitrogen and oxygen atoms in total. The third-order valence-electron chi connectivity index (χ3n) is 1.84. The lowest BCUT2D eigenvalue weighted by molar-refractivity contribution is -0.134. The van der Waals surface area contributed by atoms with Gasteiger partial charge in [0.1, 0.15) is 5.92 Å². The Kier molecular flexibility index (Phi) is 4.30. The van der Waals surface area contributed by atoms with Crippen molar-refractivity contribution >= 4 is 5.91 Å². The van der Waals surface area contributed by atoms with E-state index in [4.69, 9.17) is 10.4 Å². The van der Waals surface area contributed by atoms with Crippen LogP contribution in [0.4, 0.5) is 0 Å². The first-order valence-corrected chi connectivity index (χ1v) is 3.81. The molecule has 12 heavy (non-hydrogen) atoms. The highest BCUT2D eigenvalue weighted by atomic mass is 16.3. The van der Waals surface area contributed by atoms with E-state index in [-0.39, 0.29) is 18.6 Å². The molecule has 0 radical (unpaired) electrons. The second kappa shape index (κ2) is 4.73. The monoisotopic (exact) mass is 170 g/mol. The topological polar surface area (TPSA) is 64.3 Å². The van der Waals surface area contributed by atoms with Gasteiger partial charge < -0.3 is 10.0 Å². The van der Waals surface area contributed by atoms with E-state index in [0.717, 1.165) is 0 Å². The highest BCUT2D eigenvalue weighted by Crippen LogP contribution is 2.02. The van der Waals surface area contributed by atoms with Crippen molar-refractivity contribution in [1.82, 2.24) is 4.90 Å². The van der Waals surface area contributed by atoms with Crippen LogP contribution >= 0.6 is 0 Å². The highest BCUT2D eigenvalue weighted by Gasteiger charge is 2.20. The molecule has 0 saturated heterocycles. The molecular formula is C8H14N2O2. The number of carbonyl (C=O) groups excluding carboxylic acids is 1. The quantitative estimate of drug-likeness (QED) is 0.647. The largest absolute Gasteiger partial charge is 0.394 e. The summed E-state index contributed by atoms with van der Waals surface area (Å²) in [4.78, 5) is 12.6. The summed E-state index contributed by atoms with van der Waals surface area (Å²) in [5.41, 5.74) is 0. The van der Waals surface area contributed by atoms with E-state index in [0.29, 0.717) is 0 Å². The van der Waals surface area contributed by atoms with E-state index in [1.54, 1.807) is 20.9 Å². The van der Waals surface area contributed by atoms with Crippen LogP contribution in [0.25, 0.3) is 0 Å². The van der Waals surface area contributed by atoms with Crippen molar-refractivity contribution in [2.45, 2.75) is 19.9 Å². The van der Waals surface area contributed by atoms with Gasteiger partial charge in [-0.1, -0.05) is 0 Å². The first kappa shape index (κ1) is 10.9. The minimum Gasteiger partial charge on any atom is -0.394 e. The average Bonchev–Trinajstić information content (AvgIpc) is 2.12. The van der Waals surface area contributed by atoms with Crippen molar-refractivity contribution in [2.24, 2.45) is 5.92 Å². The van der Waals surface area contributed by atoms with Gasteiger partial charge in [0.2, 0.25) is 5.91 Å². The van der Waals surface area contributed by atoms with Gasteiger partial charge in [-0.05, 0) is 13.8 Å². The molecule has 1 amide bonds. The van der Waals surface area contributed by atoms with Gasteiger partial charge in [0.15, 0.2) is 0 Å². The van der Waals surface area contributed by atoms with Crippen LogP contribution in [-0.2, 0) is 4.79 Å². The smallest absolute Gasteiger partial charge is 0.239 e. The predicted octanol–water partition coefficient (Wildman–Crippen LogP) is -0.0147. The third kappa shape index (κ3) is 2.51. The standard InChI is InChI=1S/C8H14N2O2/c1-6(4-9)8(12)10(3)7(2)5-11/h6-7,11H,5H2,1-3H3. The maximum absolute atomic E-state index is 11.3. The zero-order valence-electron chi connectivity index (χ0n) is 7.61. The zero-order chi connectivity index (χ0) is 9.72. The minimum atomic E-state index is -0.635.